The number of imide groups is 1. The maximum absolute atomic E-state index is 12.0. The fraction of sp³-hybridized carbons (Fsp3) is 0.579. The Bertz CT molecular complexity index is 545. The third-order valence-corrected chi connectivity index (χ3v) is 3.64. The molecular weight excluding hydrogens is 302 g/mol. The second-order valence-electron chi connectivity index (χ2n) is 7.45. The molecule has 0 saturated heterocycles. The monoisotopic (exact) mass is 333 g/mol. The molecule has 1 aromatic carbocycles. The predicted molar refractivity (Wildman–Crippen MR) is 97.8 cm³/mol. The van der Waals surface area contributed by atoms with Crippen LogP contribution in [-0.2, 0) is 11.2 Å². The van der Waals surface area contributed by atoms with Gasteiger partial charge in [-0.3, -0.25) is 10.1 Å². The van der Waals surface area contributed by atoms with E-state index < -0.39 is 6.03 Å². The van der Waals surface area contributed by atoms with Gasteiger partial charge in [0.2, 0.25) is 5.91 Å². The van der Waals surface area contributed by atoms with Crippen LogP contribution in [0.25, 0.3) is 0 Å². The number of carbonyl (C=O) groups excluding carboxylic acids is 2. The van der Waals surface area contributed by atoms with Crippen molar-refractivity contribution in [2.45, 2.75) is 59.5 Å². The topological polar surface area (TPSA) is 70.2 Å². The van der Waals surface area contributed by atoms with Gasteiger partial charge in [0, 0.05) is 11.6 Å². The molecule has 134 valence electrons. The number of aryl methyl sites for hydroxylation is 1. The number of carbonyl (C=O) groups is 2. The lowest BCUT2D eigenvalue weighted by atomic mass is 9.95. The number of nitrogens with one attached hydrogen (secondary N) is 3. The average Bonchev–Trinajstić information content (AvgIpc) is 2.45. The average molecular weight is 333 g/mol. The van der Waals surface area contributed by atoms with Gasteiger partial charge in [-0.15, -0.1) is 0 Å². The summed E-state index contributed by atoms with van der Waals surface area (Å²) in [5.41, 5.74) is 2.06. The standard InChI is InChI=1S/C19H31N3O2/c1-7-14-8-10-15(11-9-14)17(13(2)3)20-12-16(23)21-18(24)22-19(4,5)6/h8-11,13,17,20H,7,12H2,1-6H3,(H2,21,22,23,24)/t17-/m0/s1. The zero-order chi connectivity index (χ0) is 18.3. The van der Waals surface area contributed by atoms with Crippen LogP contribution in [0.4, 0.5) is 4.79 Å². The maximum atomic E-state index is 12.0. The Morgan fingerprint density at radius 2 is 1.67 bits per heavy atom. The van der Waals surface area contributed by atoms with Crippen LogP contribution in [-0.4, -0.2) is 24.0 Å². The molecule has 0 radical (unpaired) electrons. The smallest absolute Gasteiger partial charge is 0.321 e. The van der Waals surface area contributed by atoms with Crippen LogP contribution in [0.1, 0.15) is 58.7 Å². The Balaban J connectivity index is 2.60. The molecule has 0 fully saturated rings. The Morgan fingerprint density at radius 3 is 2.12 bits per heavy atom. The molecule has 5 heteroatoms. The number of benzene rings is 1. The molecule has 0 aliphatic carbocycles. The molecule has 0 spiro atoms. The SMILES string of the molecule is CCc1ccc([C@@H](NCC(=O)NC(=O)NC(C)(C)C)C(C)C)cc1. The highest BCUT2D eigenvalue weighted by molar-refractivity contribution is 5.95. The van der Waals surface area contributed by atoms with Crippen molar-refractivity contribution in [3.05, 3.63) is 35.4 Å². The number of hydrogen-bond donors (Lipinski definition) is 3. The van der Waals surface area contributed by atoms with Crippen molar-refractivity contribution in [1.82, 2.24) is 16.0 Å². The molecule has 0 aliphatic heterocycles. The number of urea groups is 1. The van der Waals surface area contributed by atoms with Gasteiger partial charge in [-0.2, -0.15) is 0 Å². The summed E-state index contributed by atoms with van der Waals surface area (Å²) >= 11 is 0. The molecule has 24 heavy (non-hydrogen) atoms. The largest absolute Gasteiger partial charge is 0.333 e. The summed E-state index contributed by atoms with van der Waals surface area (Å²) in [5, 5.41) is 8.30. The molecule has 1 atom stereocenters. The van der Waals surface area contributed by atoms with Crippen molar-refractivity contribution >= 4 is 11.9 Å². The van der Waals surface area contributed by atoms with Crippen molar-refractivity contribution in [3.63, 3.8) is 0 Å². The first-order valence-electron chi connectivity index (χ1n) is 8.56. The summed E-state index contributed by atoms with van der Waals surface area (Å²) in [6, 6.07) is 8.02. The zero-order valence-corrected chi connectivity index (χ0v) is 15.7. The van der Waals surface area contributed by atoms with Crippen molar-refractivity contribution in [1.29, 1.82) is 0 Å². The Morgan fingerprint density at radius 1 is 1.08 bits per heavy atom. The summed E-state index contributed by atoms with van der Waals surface area (Å²) in [6.07, 6.45) is 1.01. The van der Waals surface area contributed by atoms with E-state index in [0.29, 0.717) is 5.92 Å². The van der Waals surface area contributed by atoms with Crippen LogP contribution in [0, 0.1) is 5.92 Å². The Kier molecular flexibility index (Phi) is 7.42. The minimum Gasteiger partial charge on any atom is -0.333 e. The number of hydrogen-bond acceptors (Lipinski definition) is 3. The first kappa shape index (κ1) is 20.2. The van der Waals surface area contributed by atoms with Crippen LogP contribution in [0.2, 0.25) is 0 Å². The van der Waals surface area contributed by atoms with Gasteiger partial charge < -0.3 is 10.6 Å². The second-order valence-corrected chi connectivity index (χ2v) is 7.45. The molecule has 0 aromatic heterocycles. The molecule has 0 aliphatic rings. The molecule has 0 heterocycles. The highest BCUT2D eigenvalue weighted by atomic mass is 16.2. The fourth-order valence-corrected chi connectivity index (χ4v) is 2.44. The first-order valence-corrected chi connectivity index (χ1v) is 8.56. The van der Waals surface area contributed by atoms with Crippen LogP contribution in [0.5, 0.6) is 0 Å². The molecule has 5 nitrogen and oxygen atoms in total. The van der Waals surface area contributed by atoms with E-state index in [-0.39, 0.29) is 24.0 Å². The van der Waals surface area contributed by atoms with Gasteiger partial charge >= 0.3 is 6.03 Å². The van der Waals surface area contributed by atoms with Gasteiger partial charge in [0.25, 0.3) is 0 Å². The molecule has 0 bridgehead atoms. The van der Waals surface area contributed by atoms with Crippen molar-refractivity contribution in [2.75, 3.05) is 6.54 Å². The molecule has 1 aromatic rings. The Labute approximate surface area is 145 Å². The normalized spacial score (nSPS) is 12.8. The first-order chi connectivity index (χ1) is 11.1. The Hall–Kier alpha value is -1.88. The quantitative estimate of drug-likeness (QED) is 0.749. The van der Waals surface area contributed by atoms with Crippen molar-refractivity contribution in [2.24, 2.45) is 5.92 Å². The molecule has 3 amide bonds. The van der Waals surface area contributed by atoms with E-state index in [1.165, 1.54) is 5.56 Å². The van der Waals surface area contributed by atoms with E-state index in [1.54, 1.807) is 0 Å². The zero-order valence-electron chi connectivity index (χ0n) is 15.7. The number of amides is 3. The second kappa shape index (κ2) is 8.83. The minimum atomic E-state index is -0.470. The van der Waals surface area contributed by atoms with Crippen LogP contribution < -0.4 is 16.0 Å². The van der Waals surface area contributed by atoms with Crippen LogP contribution in [0.3, 0.4) is 0 Å². The lowest BCUT2D eigenvalue weighted by Crippen LogP contribution is -2.50. The van der Waals surface area contributed by atoms with Gasteiger partial charge in [-0.05, 0) is 44.2 Å². The van der Waals surface area contributed by atoms with Crippen molar-refractivity contribution in [3.8, 4) is 0 Å². The molecule has 0 unspecified atom stereocenters. The maximum Gasteiger partial charge on any atom is 0.321 e. The number of rotatable bonds is 6. The highest BCUT2D eigenvalue weighted by Gasteiger charge is 2.19. The van der Waals surface area contributed by atoms with E-state index in [2.05, 4.69) is 61.0 Å². The third-order valence-electron chi connectivity index (χ3n) is 3.64. The summed E-state index contributed by atoms with van der Waals surface area (Å²) in [7, 11) is 0. The van der Waals surface area contributed by atoms with Gasteiger partial charge in [0.05, 0.1) is 6.54 Å². The van der Waals surface area contributed by atoms with Gasteiger partial charge in [-0.1, -0.05) is 45.0 Å². The van der Waals surface area contributed by atoms with E-state index in [9.17, 15) is 9.59 Å². The van der Waals surface area contributed by atoms with E-state index in [4.69, 9.17) is 0 Å². The minimum absolute atomic E-state index is 0.0623. The highest BCUT2D eigenvalue weighted by Crippen LogP contribution is 2.22. The third kappa shape index (κ3) is 7.13. The van der Waals surface area contributed by atoms with Crippen LogP contribution >= 0.6 is 0 Å². The lowest BCUT2D eigenvalue weighted by Gasteiger charge is -2.23. The van der Waals surface area contributed by atoms with Gasteiger partial charge in [-0.25, -0.2) is 4.79 Å². The molecular formula is C19H31N3O2. The van der Waals surface area contributed by atoms with E-state index in [1.807, 2.05) is 20.8 Å². The molecule has 3 N–H and O–H groups in total. The van der Waals surface area contributed by atoms with Crippen molar-refractivity contribution < 1.29 is 9.59 Å². The van der Waals surface area contributed by atoms with E-state index >= 15 is 0 Å². The lowest BCUT2D eigenvalue weighted by molar-refractivity contribution is -0.119. The van der Waals surface area contributed by atoms with Crippen LogP contribution in [0.15, 0.2) is 24.3 Å². The fourth-order valence-electron chi connectivity index (χ4n) is 2.44. The summed E-state index contributed by atoms with van der Waals surface area (Å²) < 4.78 is 0. The summed E-state index contributed by atoms with van der Waals surface area (Å²) in [4.78, 5) is 23.7. The summed E-state index contributed by atoms with van der Waals surface area (Å²) in [6.45, 7) is 12.0. The summed E-state index contributed by atoms with van der Waals surface area (Å²) in [5.74, 6) is -0.0127. The van der Waals surface area contributed by atoms with E-state index in [0.717, 1.165) is 12.0 Å². The molecule has 0 saturated carbocycles. The predicted octanol–water partition coefficient (Wildman–Crippen LogP) is 3.16. The van der Waals surface area contributed by atoms with Gasteiger partial charge in [0.1, 0.15) is 0 Å². The molecule has 1 rings (SSSR count). The van der Waals surface area contributed by atoms with Gasteiger partial charge in [0.15, 0.2) is 0 Å².